The lowest BCUT2D eigenvalue weighted by atomic mass is 10.0. The van der Waals surface area contributed by atoms with Gasteiger partial charge in [0.1, 0.15) is 35.1 Å². The maximum Gasteiger partial charge on any atom is 0.408 e. The summed E-state index contributed by atoms with van der Waals surface area (Å²) >= 11 is 20.0. The summed E-state index contributed by atoms with van der Waals surface area (Å²) in [5, 5.41) is 56.8. The molecule has 109 heavy (non-hydrogen) atoms. The van der Waals surface area contributed by atoms with Gasteiger partial charge in [0, 0.05) is 53.6 Å². The average molecular weight is 1790 g/mol. The van der Waals surface area contributed by atoms with Crippen LogP contribution in [0.25, 0.3) is 32.3 Å². The number of nitrogens with zero attached hydrogens (tertiary/aromatic N) is 7. The van der Waals surface area contributed by atoms with E-state index >= 15 is 0 Å². The number of alkyl carbamates (subject to hydrolysis) is 1. The van der Waals surface area contributed by atoms with E-state index in [0.29, 0.717) is 69.6 Å². The number of nitrogens with two attached hydrogens (primary N) is 3. The Labute approximate surface area is 679 Å². The molecule has 27 nitrogen and oxygen atoms in total. The molecule has 0 aliphatic rings. The summed E-state index contributed by atoms with van der Waals surface area (Å²) in [6, 6.07) is 45.4. The molecule has 0 fully saturated rings. The minimum Gasteiger partial charge on any atom is -0.444 e. The van der Waals surface area contributed by atoms with Gasteiger partial charge in [0.2, 0.25) is 23.6 Å². The maximum atomic E-state index is 12.8. The number of nitro benzene ring substituents is 4. The fraction of sp³-hybridized carbons (Fsp3) is 0.192. The molecular formula is C73H70Br3ClN12O15S5. The van der Waals surface area contributed by atoms with Crippen molar-refractivity contribution in [3.8, 4) is 32.3 Å². The van der Waals surface area contributed by atoms with Crippen LogP contribution in [-0.2, 0) is 46.4 Å². The molecule has 7 aromatic heterocycles. The maximum absolute atomic E-state index is 12.8. The quantitative estimate of drug-likeness (QED) is 0.0153. The van der Waals surface area contributed by atoms with E-state index in [0.717, 1.165) is 41.8 Å². The number of hydrogen-bond donors (Lipinski definition) is 5. The van der Waals surface area contributed by atoms with E-state index < -0.39 is 43.5 Å². The number of thiocarbonyl (C=S) groups is 1. The molecule has 2 amide bonds. The molecule has 0 aliphatic heterocycles. The summed E-state index contributed by atoms with van der Waals surface area (Å²) in [5.74, 6) is 1.19. The van der Waals surface area contributed by atoms with Crippen LogP contribution >= 0.6 is 119 Å². The minimum atomic E-state index is -0.773. The molecule has 570 valence electrons. The van der Waals surface area contributed by atoms with Crippen LogP contribution in [0.2, 0.25) is 5.02 Å². The Kier molecular flexibility index (Phi) is 35.0. The van der Waals surface area contributed by atoms with Crippen LogP contribution in [0.1, 0.15) is 88.7 Å². The largest absolute Gasteiger partial charge is 0.444 e. The summed E-state index contributed by atoms with van der Waals surface area (Å²) < 4.78 is 21.7. The van der Waals surface area contributed by atoms with Crippen LogP contribution in [0.5, 0.6) is 0 Å². The zero-order chi connectivity index (χ0) is 77.2. The Morgan fingerprint density at radius 3 is 1.25 bits per heavy atom. The molecule has 12 aromatic rings. The molecule has 0 aliphatic carbocycles. The van der Waals surface area contributed by atoms with Gasteiger partial charge in [-0.05, 0) is 132 Å². The van der Waals surface area contributed by atoms with Crippen LogP contribution in [-0.4, -0.2) is 74.4 Å². The Morgan fingerprint density at radius 2 is 0.908 bits per heavy atom. The summed E-state index contributed by atoms with van der Waals surface area (Å²) in [4.78, 5) is 95.3. The third-order valence-electron chi connectivity index (χ3n) is 14.8. The lowest BCUT2D eigenvalue weighted by molar-refractivity contribution is -0.385. The molecule has 0 saturated heterocycles. The number of halogens is 4. The number of carbonyl (C=O) groups excluding carboxylic acids is 3. The van der Waals surface area contributed by atoms with E-state index in [9.17, 15) is 54.8 Å². The van der Waals surface area contributed by atoms with Crippen molar-refractivity contribution in [1.29, 1.82) is 0 Å². The number of ketones is 1. The smallest absolute Gasteiger partial charge is 0.408 e. The summed E-state index contributed by atoms with van der Waals surface area (Å²) in [5.41, 5.74) is 23.1. The number of Topliss-reactive ketones (excluding diaryl/α,β-unsaturated/α-hetero) is 1. The summed E-state index contributed by atoms with van der Waals surface area (Å²) in [7, 11) is 0. The van der Waals surface area contributed by atoms with Gasteiger partial charge in [-0.2, -0.15) is 0 Å². The zero-order valence-corrected chi connectivity index (χ0v) is 67.7. The monoisotopic (exact) mass is 1790 g/mol. The summed E-state index contributed by atoms with van der Waals surface area (Å²) in [6.45, 7) is 5.18. The van der Waals surface area contributed by atoms with Gasteiger partial charge in [-0.3, -0.25) is 50.0 Å². The van der Waals surface area contributed by atoms with Crippen LogP contribution in [0.4, 0.5) is 27.5 Å². The average Bonchev–Trinajstić information content (AvgIpc) is 1.75. The number of alkyl halides is 1. The van der Waals surface area contributed by atoms with Crippen molar-refractivity contribution in [2.45, 2.75) is 82.6 Å². The normalized spacial score (nSPS) is 11.7. The Bertz CT molecular complexity index is 4740. The van der Waals surface area contributed by atoms with Crippen LogP contribution in [0.3, 0.4) is 0 Å². The molecule has 0 saturated carbocycles. The molecule has 0 bridgehead atoms. The Hall–Kier alpha value is -9.92. The minimum absolute atomic E-state index is 0. The molecule has 0 radical (unpaired) electrons. The van der Waals surface area contributed by atoms with E-state index in [4.69, 9.17) is 59.0 Å². The first-order valence-corrected chi connectivity index (χ1v) is 37.5. The van der Waals surface area contributed by atoms with Crippen molar-refractivity contribution in [3.05, 3.63) is 305 Å². The van der Waals surface area contributed by atoms with Crippen molar-refractivity contribution < 1.29 is 52.1 Å². The van der Waals surface area contributed by atoms with Gasteiger partial charge in [-0.15, -0.1) is 79.3 Å². The second kappa shape index (κ2) is 43.3. The highest BCUT2D eigenvalue weighted by Gasteiger charge is 2.26. The van der Waals surface area contributed by atoms with E-state index in [2.05, 4.69) is 41.5 Å². The van der Waals surface area contributed by atoms with Crippen molar-refractivity contribution in [1.82, 2.24) is 25.6 Å². The van der Waals surface area contributed by atoms with E-state index in [1.54, 1.807) is 134 Å². The second-order valence-corrected chi connectivity index (χ2v) is 29.2. The van der Waals surface area contributed by atoms with Gasteiger partial charge in [0.05, 0.1) is 86.5 Å². The van der Waals surface area contributed by atoms with Crippen LogP contribution in [0, 0.1) is 40.5 Å². The van der Waals surface area contributed by atoms with Gasteiger partial charge < -0.3 is 45.8 Å². The van der Waals surface area contributed by atoms with Crippen molar-refractivity contribution in [3.63, 3.8) is 0 Å². The number of ether oxygens (including phenoxy) is 1. The molecule has 36 heteroatoms. The van der Waals surface area contributed by atoms with Gasteiger partial charge in [0.25, 0.3) is 22.7 Å². The molecule has 5 aromatic carbocycles. The fourth-order valence-electron chi connectivity index (χ4n) is 9.62. The van der Waals surface area contributed by atoms with Gasteiger partial charge in [0.15, 0.2) is 5.78 Å². The highest BCUT2D eigenvalue weighted by Crippen LogP contribution is 2.31. The topological polar surface area (TPSA) is 413 Å². The zero-order valence-electron chi connectivity index (χ0n) is 57.9. The first-order chi connectivity index (χ1) is 51.2. The number of hydrogen-bond acceptors (Lipinski definition) is 25. The second-order valence-electron chi connectivity index (χ2n) is 24.0. The SMILES string of the molecule is Br.Br.CC(C)(C)OC(=O)N[C@@H](Cc1ccc([N+](=O)[O-])cc1)C(=O)CBr.NC(=S)c1cccs1.N[C@@H](Cc1ccc([N+](=O)[O-])cc1)c1coc(-c2cccs2)n1.N[C@@H](Cc1ccc([N+](=O)[O-])cc1)c1coc(-c2cccs2)n1.O=C(Cc1cccc(Cl)c1)N[C@@H](Cc1ccc([N+](=O)[O-])cc1)c1coc(-c2cccs2)n1. The number of aromatic nitrogens is 3. The van der Waals surface area contributed by atoms with Gasteiger partial charge in [-0.1, -0.05) is 125 Å². The lowest BCUT2D eigenvalue weighted by Crippen LogP contribution is -2.45. The van der Waals surface area contributed by atoms with Crippen molar-refractivity contribution in [2.24, 2.45) is 17.2 Å². The Balaban J connectivity index is 0.000000220. The first-order valence-electron chi connectivity index (χ1n) is 32.0. The number of amides is 2. The number of benzene rings is 5. The van der Waals surface area contributed by atoms with Crippen molar-refractivity contribution >= 4 is 165 Å². The standard InChI is InChI=1S/C23H18ClN3O4S.C15H19BrN2O5.2C15H13N3O3S.C5H5NS2.2BrH/c24-17-4-1-3-16(11-17)13-22(28)25-19(12-15-6-8-18(9-7-15)27(29)30)20-14-31-23(26-20)21-5-2-10-32-21;1-15(2,3)23-14(20)17-12(13(19)9-16)8-10-4-6-11(7-5-10)18(21)22;2*16-12(8-10-3-5-11(6-4-10)18(19)20)13-9-21-15(17-13)14-2-1-7-22-14;6-5(7)4-2-1-3-8-4;;/h1-11,14,19H,12-13H2,(H,25,28);4-7,12H,8-9H2,1-3H3,(H,17,20);2*1-7,9,12H,8,16H2;1-3H,(H2,6,7);2*1H/t19-;3*12-;;;/m0000.../s1. The van der Waals surface area contributed by atoms with E-state index in [-0.39, 0.29) is 98.7 Å². The molecule has 8 N–H and O–H groups in total. The molecule has 0 spiro atoms. The van der Waals surface area contributed by atoms with E-state index in [1.807, 2.05) is 76.1 Å². The van der Waals surface area contributed by atoms with Crippen LogP contribution < -0.4 is 27.8 Å². The number of thiophene rings is 4. The highest BCUT2D eigenvalue weighted by atomic mass is 79.9. The predicted molar refractivity (Wildman–Crippen MR) is 439 cm³/mol. The molecule has 12 rings (SSSR count). The Morgan fingerprint density at radius 1 is 0.532 bits per heavy atom. The van der Waals surface area contributed by atoms with Gasteiger partial charge in [-0.25, -0.2) is 19.7 Å². The van der Waals surface area contributed by atoms with Crippen LogP contribution in [0.15, 0.2) is 223 Å². The predicted octanol–water partition coefficient (Wildman–Crippen LogP) is 18.2. The third kappa shape index (κ3) is 28.6. The van der Waals surface area contributed by atoms with E-state index in [1.165, 1.54) is 66.1 Å². The molecule has 0 unspecified atom stereocenters. The third-order valence-corrected chi connectivity index (χ3v) is 19.4. The molecule has 4 atom stereocenters. The number of non-ortho nitro benzene ring substituents is 4. The number of nitrogens with one attached hydrogen (secondary N) is 2. The number of oxazole rings is 3. The lowest BCUT2D eigenvalue weighted by Gasteiger charge is -2.23. The number of nitro groups is 4. The van der Waals surface area contributed by atoms with Gasteiger partial charge >= 0.3 is 6.09 Å². The van der Waals surface area contributed by atoms with Crippen molar-refractivity contribution in [2.75, 3.05) is 5.33 Å². The molecular weight excluding hydrogens is 1720 g/mol. The number of rotatable bonds is 25. The fourth-order valence-corrected chi connectivity index (χ4v) is 13.0. The summed E-state index contributed by atoms with van der Waals surface area (Å²) in [6.07, 6.45) is 5.83. The molecule has 7 heterocycles. The first kappa shape index (κ1) is 88.0. The highest BCUT2D eigenvalue weighted by molar-refractivity contribution is 9.09. The number of carbonyl (C=O) groups is 3.